The molecule has 0 saturated heterocycles. The number of β-amino-alcohol motifs (C(OH)–C–C–N with tert-alkyl or cyclic N) is 1. The zero-order valence-corrected chi connectivity index (χ0v) is 22.3. The van der Waals surface area contributed by atoms with E-state index in [-0.39, 0.29) is 18.2 Å². The molecule has 5 nitrogen and oxygen atoms in total. The normalized spacial score (nSPS) is 13.4. The Bertz CT molecular complexity index is 1200. The third kappa shape index (κ3) is 7.26. The Labute approximate surface area is 215 Å². The average Bonchev–Trinajstić information content (AvgIpc) is 2.83. The van der Waals surface area contributed by atoms with Crippen LogP contribution in [-0.4, -0.2) is 41.0 Å². The van der Waals surface area contributed by atoms with Crippen LogP contribution in [0.1, 0.15) is 65.1 Å². The molecule has 2 atom stereocenters. The summed E-state index contributed by atoms with van der Waals surface area (Å²) in [5.41, 5.74) is 7.64. The lowest BCUT2D eigenvalue weighted by Crippen LogP contribution is -2.46. The minimum atomic E-state index is -0.927. The van der Waals surface area contributed by atoms with Crippen molar-refractivity contribution in [1.29, 1.82) is 0 Å². The molecular weight excluding hydrogens is 450 g/mol. The van der Waals surface area contributed by atoms with Crippen LogP contribution in [0, 0.1) is 20.8 Å². The Hall–Kier alpha value is -2.99. The number of carboxylic acid groups (broad SMARTS) is 1. The summed E-state index contributed by atoms with van der Waals surface area (Å²) in [5, 5.41) is 23.4. The second kappa shape index (κ2) is 11.8. The Morgan fingerprint density at radius 1 is 0.972 bits per heavy atom. The second-order valence-electron chi connectivity index (χ2n) is 10.4. The van der Waals surface area contributed by atoms with Crippen LogP contribution in [0.4, 0.5) is 0 Å². The molecule has 3 aromatic rings. The van der Waals surface area contributed by atoms with E-state index in [1.807, 2.05) is 43.3 Å². The first-order chi connectivity index (χ1) is 17.0. The first kappa shape index (κ1) is 27.6. The third-order valence-electron chi connectivity index (χ3n) is 6.74. The standard InChI is InChI=1S/C31H39NO4/c1-20-11-12-24(15-21(20)2)17-31(5,6)32-18-26(33)19-36-23(4)28-9-7-8-10-29(28)25-13-14-27(30(34)35)22(3)16-25/h7-16,23,26,32-33H,17-19H2,1-6H3,(H,34,35)/t23-,26-/m1/s1. The summed E-state index contributed by atoms with van der Waals surface area (Å²) in [5.74, 6) is -0.927. The quantitative estimate of drug-likeness (QED) is 0.307. The fraction of sp³-hybridized carbons (Fsp3) is 0.387. The van der Waals surface area contributed by atoms with Gasteiger partial charge < -0.3 is 20.3 Å². The van der Waals surface area contributed by atoms with Gasteiger partial charge in [0, 0.05) is 12.1 Å². The van der Waals surface area contributed by atoms with Crippen LogP contribution in [0.2, 0.25) is 0 Å². The Morgan fingerprint density at radius 3 is 2.36 bits per heavy atom. The highest BCUT2D eigenvalue weighted by Gasteiger charge is 2.21. The largest absolute Gasteiger partial charge is 0.478 e. The molecule has 192 valence electrons. The maximum atomic E-state index is 11.4. The zero-order valence-electron chi connectivity index (χ0n) is 22.3. The van der Waals surface area contributed by atoms with E-state index >= 15 is 0 Å². The number of aromatic carboxylic acids is 1. The minimum absolute atomic E-state index is 0.166. The van der Waals surface area contributed by atoms with E-state index in [2.05, 4.69) is 51.2 Å². The summed E-state index contributed by atoms with van der Waals surface area (Å²) in [6.07, 6.45) is -0.0134. The van der Waals surface area contributed by atoms with Crippen molar-refractivity contribution < 1.29 is 19.7 Å². The fourth-order valence-electron chi connectivity index (χ4n) is 4.47. The van der Waals surface area contributed by atoms with Crippen LogP contribution < -0.4 is 5.32 Å². The molecule has 0 aliphatic carbocycles. The molecule has 3 N–H and O–H groups in total. The lowest BCUT2D eigenvalue weighted by molar-refractivity contribution is -0.00397. The highest BCUT2D eigenvalue weighted by Crippen LogP contribution is 2.31. The van der Waals surface area contributed by atoms with Crippen molar-refractivity contribution >= 4 is 5.97 Å². The monoisotopic (exact) mass is 489 g/mol. The smallest absolute Gasteiger partial charge is 0.335 e. The van der Waals surface area contributed by atoms with Crippen LogP contribution >= 0.6 is 0 Å². The maximum Gasteiger partial charge on any atom is 0.335 e. The van der Waals surface area contributed by atoms with Gasteiger partial charge in [-0.15, -0.1) is 0 Å². The van der Waals surface area contributed by atoms with Crippen molar-refractivity contribution in [2.45, 2.75) is 65.7 Å². The molecule has 0 fully saturated rings. The van der Waals surface area contributed by atoms with Gasteiger partial charge in [0.05, 0.1) is 24.4 Å². The van der Waals surface area contributed by atoms with Crippen molar-refractivity contribution in [2.24, 2.45) is 0 Å². The van der Waals surface area contributed by atoms with Crippen molar-refractivity contribution in [3.05, 3.63) is 94.0 Å². The summed E-state index contributed by atoms with van der Waals surface area (Å²) in [6.45, 7) is 13.0. The molecule has 0 heterocycles. The fourth-order valence-corrected chi connectivity index (χ4v) is 4.47. The molecule has 0 amide bonds. The number of nitrogens with one attached hydrogen (secondary N) is 1. The predicted octanol–water partition coefficient (Wildman–Crippen LogP) is 6.03. The van der Waals surface area contributed by atoms with Gasteiger partial charge in [-0.3, -0.25) is 0 Å². The van der Waals surface area contributed by atoms with E-state index in [0.29, 0.717) is 17.7 Å². The summed E-state index contributed by atoms with van der Waals surface area (Å²) in [7, 11) is 0. The topological polar surface area (TPSA) is 78.8 Å². The number of carbonyl (C=O) groups is 1. The summed E-state index contributed by atoms with van der Waals surface area (Å²) in [4.78, 5) is 11.4. The lowest BCUT2D eigenvalue weighted by Gasteiger charge is -2.28. The highest BCUT2D eigenvalue weighted by molar-refractivity contribution is 5.90. The summed E-state index contributed by atoms with van der Waals surface area (Å²) >= 11 is 0. The molecule has 0 spiro atoms. The molecule has 0 aliphatic heterocycles. The number of hydrogen-bond donors (Lipinski definition) is 3. The lowest BCUT2D eigenvalue weighted by atomic mass is 9.93. The Balaban J connectivity index is 1.59. The molecule has 5 heteroatoms. The molecule has 0 radical (unpaired) electrons. The van der Waals surface area contributed by atoms with Crippen LogP contribution in [0.5, 0.6) is 0 Å². The van der Waals surface area contributed by atoms with E-state index in [9.17, 15) is 15.0 Å². The number of hydrogen-bond acceptors (Lipinski definition) is 4. The van der Waals surface area contributed by atoms with Gasteiger partial charge in [0.15, 0.2) is 0 Å². The molecule has 36 heavy (non-hydrogen) atoms. The van der Waals surface area contributed by atoms with Gasteiger partial charge in [0.2, 0.25) is 0 Å². The number of benzene rings is 3. The molecule has 0 unspecified atom stereocenters. The van der Waals surface area contributed by atoms with E-state index in [0.717, 1.165) is 23.1 Å². The number of aliphatic hydroxyl groups is 1. The molecular formula is C31H39NO4. The van der Waals surface area contributed by atoms with Crippen molar-refractivity contribution in [1.82, 2.24) is 5.32 Å². The van der Waals surface area contributed by atoms with Crippen molar-refractivity contribution in [2.75, 3.05) is 13.2 Å². The zero-order chi connectivity index (χ0) is 26.5. The van der Waals surface area contributed by atoms with Gasteiger partial charge in [-0.25, -0.2) is 4.79 Å². The van der Waals surface area contributed by atoms with Gasteiger partial charge in [0.1, 0.15) is 0 Å². The third-order valence-corrected chi connectivity index (χ3v) is 6.74. The number of rotatable bonds is 11. The molecule has 3 rings (SSSR count). The first-order valence-electron chi connectivity index (χ1n) is 12.5. The number of aryl methyl sites for hydroxylation is 3. The van der Waals surface area contributed by atoms with E-state index in [1.165, 1.54) is 16.7 Å². The Morgan fingerprint density at radius 2 is 1.69 bits per heavy atom. The number of carboxylic acids is 1. The van der Waals surface area contributed by atoms with Crippen molar-refractivity contribution in [3.8, 4) is 11.1 Å². The molecule has 0 bridgehead atoms. The van der Waals surface area contributed by atoms with Gasteiger partial charge in [0.25, 0.3) is 0 Å². The van der Waals surface area contributed by atoms with E-state index in [4.69, 9.17) is 4.74 Å². The first-order valence-corrected chi connectivity index (χ1v) is 12.5. The van der Waals surface area contributed by atoms with Crippen LogP contribution in [0.25, 0.3) is 11.1 Å². The van der Waals surface area contributed by atoms with Gasteiger partial charge in [-0.05, 0) is 93.0 Å². The SMILES string of the molecule is Cc1ccc(CC(C)(C)NC[C@@H](O)CO[C@H](C)c2ccccc2-c2ccc(C(=O)O)c(C)c2)cc1C. The van der Waals surface area contributed by atoms with E-state index in [1.54, 1.807) is 13.0 Å². The van der Waals surface area contributed by atoms with E-state index < -0.39 is 12.1 Å². The second-order valence-corrected chi connectivity index (χ2v) is 10.4. The van der Waals surface area contributed by atoms with Crippen LogP contribution in [0.3, 0.4) is 0 Å². The minimum Gasteiger partial charge on any atom is -0.478 e. The van der Waals surface area contributed by atoms with Crippen LogP contribution in [-0.2, 0) is 11.2 Å². The van der Waals surface area contributed by atoms with Gasteiger partial charge in [-0.2, -0.15) is 0 Å². The maximum absolute atomic E-state index is 11.4. The van der Waals surface area contributed by atoms with Crippen molar-refractivity contribution in [3.63, 3.8) is 0 Å². The molecule has 3 aromatic carbocycles. The van der Waals surface area contributed by atoms with Gasteiger partial charge in [-0.1, -0.05) is 54.6 Å². The molecule has 0 aliphatic rings. The predicted molar refractivity (Wildman–Crippen MR) is 146 cm³/mol. The number of ether oxygens (including phenoxy) is 1. The molecule has 0 saturated carbocycles. The van der Waals surface area contributed by atoms with Crippen LogP contribution in [0.15, 0.2) is 60.7 Å². The summed E-state index contributed by atoms with van der Waals surface area (Å²) < 4.78 is 6.07. The van der Waals surface area contributed by atoms with Gasteiger partial charge >= 0.3 is 5.97 Å². The number of aliphatic hydroxyl groups excluding tert-OH is 1. The average molecular weight is 490 g/mol. The highest BCUT2D eigenvalue weighted by atomic mass is 16.5. The summed E-state index contributed by atoms with van der Waals surface area (Å²) in [6, 6.07) is 19.9. The Kier molecular flexibility index (Phi) is 9.07. The molecule has 0 aromatic heterocycles.